The molecule has 0 spiro atoms. The Bertz CT molecular complexity index is 667. The standard InChI is InChI=1S/C19H23N3O2/c23-19(24)17-8-4-5-9-18(17)20-10-11-21-12-14-22(15-13-21)16-6-2-1-3-7-16/h1-9,20H,10-15H2,(H,23,24). The van der Waals surface area contributed by atoms with Crippen molar-refractivity contribution in [3.05, 3.63) is 60.2 Å². The number of anilines is 2. The minimum absolute atomic E-state index is 0.325. The number of rotatable bonds is 6. The predicted molar refractivity (Wildman–Crippen MR) is 97.0 cm³/mol. The third-order valence-electron chi connectivity index (χ3n) is 4.39. The van der Waals surface area contributed by atoms with Crippen molar-refractivity contribution in [3.8, 4) is 0 Å². The normalized spacial score (nSPS) is 15.2. The number of carboxylic acids is 1. The van der Waals surface area contributed by atoms with Gasteiger partial charge in [-0.15, -0.1) is 0 Å². The Morgan fingerprint density at radius 3 is 2.33 bits per heavy atom. The third kappa shape index (κ3) is 4.06. The van der Waals surface area contributed by atoms with Crippen molar-refractivity contribution in [2.75, 3.05) is 49.5 Å². The van der Waals surface area contributed by atoms with Gasteiger partial charge in [0.2, 0.25) is 0 Å². The maximum absolute atomic E-state index is 11.2. The van der Waals surface area contributed by atoms with E-state index in [0.29, 0.717) is 11.3 Å². The van der Waals surface area contributed by atoms with E-state index in [9.17, 15) is 9.90 Å². The lowest BCUT2D eigenvalue weighted by molar-refractivity contribution is 0.0698. The lowest BCUT2D eigenvalue weighted by Gasteiger charge is -2.36. The van der Waals surface area contributed by atoms with E-state index >= 15 is 0 Å². The monoisotopic (exact) mass is 325 g/mol. The number of carbonyl (C=O) groups is 1. The molecular formula is C19H23N3O2. The summed E-state index contributed by atoms with van der Waals surface area (Å²) in [5.41, 5.74) is 2.30. The summed E-state index contributed by atoms with van der Waals surface area (Å²) < 4.78 is 0. The smallest absolute Gasteiger partial charge is 0.337 e. The molecule has 0 saturated carbocycles. The molecule has 0 atom stereocenters. The van der Waals surface area contributed by atoms with Crippen molar-refractivity contribution in [2.24, 2.45) is 0 Å². The second-order valence-corrected chi connectivity index (χ2v) is 5.94. The molecule has 5 nitrogen and oxygen atoms in total. The van der Waals surface area contributed by atoms with Crippen LogP contribution in [0, 0.1) is 0 Å². The van der Waals surface area contributed by atoms with Crippen molar-refractivity contribution in [1.82, 2.24) is 4.90 Å². The van der Waals surface area contributed by atoms with Gasteiger partial charge < -0.3 is 15.3 Å². The van der Waals surface area contributed by atoms with Gasteiger partial charge in [-0.25, -0.2) is 4.79 Å². The zero-order chi connectivity index (χ0) is 16.8. The fraction of sp³-hybridized carbons (Fsp3) is 0.316. The highest BCUT2D eigenvalue weighted by Crippen LogP contribution is 2.16. The molecule has 0 amide bonds. The van der Waals surface area contributed by atoms with Gasteiger partial charge in [-0.3, -0.25) is 4.90 Å². The van der Waals surface area contributed by atoms with Gasteiger partial charge in [-0.05, 0) is 24.3 Å². The molecule has 1 fully saturated rings. The molecule has 2 N–H and O–H groups in total. The van der Waals surface area contributed by atoms with Crippen molar-refractivity contribution >= 4 is 17.3 Å². The Labute approximate surface area is 142 Å². The van der Waals surface area contributed by atoms with Crippen LogP contribution < -0.4 is 10.2 Å². The first kappa shape index (κ1) is 16.3. The third-order valence-corrected chi connectivity index (χ3v) is 4.39. The largest absolute Gasteiger partial charge is 0.478 e. The van der Waals surface area contributed by atoms with E-state index in [4.69, 9.17) is 0 Å². The van der Waals surface area contributed by atoms with Crippen LogP contribution in [-0.4, -0.2) is 55.2 Å². The molecule has 0 radical (unpaired) electrons. The Balaban J connectivity index is 1.45. The average Bonchev–Trinajstić information content (AvgIpc) is 2.63. The van der Waals surface area contributed by atoms with Gasteiger partial charge in [0, 0.05) is 50.6 Å². The minimum Gasteiger partial charge on any atom is -0.478 e. The number of hydrogen-bond donors (Lipinski definition) is 2. The van der Waals surface area contributed by atoms with E-state index in [1.807, 2.05) is 18.2 Å². The van der Waals surface area contributed by atoms with Crippen LogP contribution in [0.1, 0.15) is 10.4 Å². The number of hydrogen-bond acceptors (Lipinski definition) is 4. The number of benzene rings is 2. The second-order valence-electron chi connectivity index (χ2n) is 5.94. The molecule has 5 heteroatoms. The topological polar surface area (TPSA) is 55.8 Å². The minimum atomic E-state index is -0.894. The number of aromatic carboxylic acids is 1. The lowest BCUT2D eigenvalue weighted by atomic mass is 10.2. The van der Waals surface area contributed by atoms with Crippen molar-refractivity contribution in [1.29, 1.82) is 0 Å². The number of piperazine rings is 1. The van der Waals surface area contributed by atoms with E-state index < -0.39 is 5.97 Å². The summed E-state index contributed by atoms with van der Waals surface area (Å²) >= 11 is 0. The predicted octanol–water partition coefficient (Wildman–Crippen LogP) is 2.62. The molecule has 2 aromatic carbocycles. The maximum atomic E-state index is 11.2. The molecule has 1 saturated heterocycles. The highest BCUT2D eigenvalue weighted by Gasteiger charge is 2.16. The van der Waals surface area contributed by atoms with Crippen LogP contribution in [-0.2, 0) is 0 Å². The summed E-state index contributed by atoms with van der Waals surface area (Å²) in [6.45, 7) is 5.76. The average molecular weight is 325 g/mol. The lowest BCUT2D eigenvalue weighted by Crippen LogP contribution is -2.47. The molecule has 0 aliphatic carbocycles. The van der Waals surface area contributed by atoms with Gasteiger partial charge in [0.05, 0.1) is 5.56 Å². The molecule has 1 heterocycles. The number of nitrogens with zero attached hydrogens (tertiary/aromatic N) is 2. The Morgan fingerprint density at radius 2 is 1.62 bits per heavy atom. The summed E-state index contributed by atoms with van der Waals surface area (Å²) in [5, 5.41) is 12.4. The Morgan fingerprint density at radius 1 is 0.958 bits per heavy atom. The SMILES string of the molecule is O=C(O)c1ccccc1NCCN1CCN(c2ccccc2)CC1. The van der Waals surface area contributed by atoms with Gasteiger partial charge in [0.25, 0.3) is 0 Å². The number of carboxylic acid groups (broad SMARTS) is 1. The summed E-state index contributed by atoms with van der Waals surface area (Å²) in [4.78, 5) is 16.0. The van der Waals surface area contributed by atoms with Gasteiger partial charge in [-0.1, -0.05) is 30.3 Å². The van der Waals surface area contributed by atoms with Crippen LogP contribution in [0.2, 0.25) is 0 Å². The van der Waals surface area contributed by atoms with Crippen LogP contribution in [0.3, 0.4) is 0 Å². The zero-order valence-electron chi connectivity index (χ0n) is 13.7. The van der Waals surface area contributed by atoms with E-state index in [-0.39, 0.29) is 0 Å². The van der Waals surface area contributed by atoms with Gasteiger partial charge in [0.1, 0.15) is 0 Å². The molecule has 24 heavy (non-hydrogen) atoms. The van der Waals surface area contributed by atoms with Crippen molar-refractivity contribution in [2.45, 2.75) is 0 Å². The van der Waals surface area contributed by atoms with E-state index in [1.165, 1.54) is 5.69 Å². The molecule has 1 aliphatic rings. The van der Waals surface area contributed by atoms with Crippen LogP contribution in [0.5, 0.6) is 0 Å². The number of para-hydroxylation sites is 2. The first-order valence-electron chi connectivity index (χ1n) is 8.32. The van der Waals surface area contributed by atoms with Crippen LogP contribution >= 0.6 is 0 Å². The molecule has 1 aliphatic heterocycles. The molecule has 3 rings (SSSR count). The highest BCUT2D eigenvalue weighted by molar-refractivity contribution is 5.94. The first-order chi connectivity index (χ1) is 11.7. The molecule has 126 valence electrons. The van der Waals surface area contributed by atoms with Crippen LogP contribution in [0.25, 0.3) is 0 Å². The Hall–Kier alpha value is -2.53. The zero-order valence-corrected chi connectivity index (χ0v) is 13.7. The highest BCUT2D eigenvalue weighted by atomic mass is 16.4. The van der Waals surface area contributed by atoms with Gasteiger partial charge in [-0.2, -0.15) is 0 Å². The molecule has 2 aromatic rings. The fourth-order valence-corrected chi connectivity index (χ4v) is 3.04. The van der Waals surface area contributed by atoms with E-state index in [0.717, 1.165) is 39.3 Å². The second kappa shape index (κ2) is 7.84. The maximum Gasteiger partial charge on any atom is 0.337 e. The molecule has 0 aromatic heterocycles. The Kier molecular flexibility index (Phi) is 5.33. The molecule has 0 bridgehead atoms. The van der Waals surface area contributed by atoms with Crippen LogP contribution in [0.4, 0.5) is 11.4 Å². The summed E-state index contributed by atoms with van der Waals surface area (Å²) in [5.74, 6) is -0.894. The summed E-state index contributed by atoms with van der Waals surface area (Å²) in [6.07, 6.45) is 0. The quantitative estimate of drug-likeness (QED) is 0.855. The van der Waals surface area contributed by atoms with Crippen molar-refractivity contribution in [3.63, 3.8) is 0 Å². The summed E-state index contributed by atoms with van der Waals surface area (Å²) in [7, 11) is 0. The van der Waals surface area contributed by atoms with Crippen molar-refractivity contribution < 1.29 is 9.90 Å². The first-order valence-corrected chi connectivity index (χ1v) is 8.32. The van der Waals surface area contributed by atoms with E-state index in [2.05, 4.69) is 39.4 Å². The van der Waals surface area contributed by atoms with Gasteiger partial charge in [0.15, 0.2) is 0 Å². The summed E-state index contributed by atoms with van der Waals surface area (Å²) in [6, 6.07) is 17.5. The van der Waals surface area contributed by atoms with Gasteiger partial charge >= 0.3 is 5.97 Å². The molecule has 0 unspecified atom stereocenters. The number of nitrogens with one attached hydrogen (secondary N) is 1. The molecular weight excluding hydrogens is 302 g/mol. The fourth-order valence-electron chi connectivity index (χ4n) is 3.04. The van der Waals surface area contributed by atoms with Crippen LogP contribution in [0.15, 0.2) is 54.6 Å². The van der Waals surface area contributed by atoms with E-state index in [1.54, 1.807) is 12.1 Å².